The number of benzene rings is 2. The molecule has 180 valence electrons. The van der Waals surface area contributed by atoms with E-state index in [0.29, 0.717) is 0 Å². The second-order valence-corrected chi connectivity index (χ2v) is 8.65. The van der Waals surface area contributed by atoms with Crippen molar-refractivity contribution in [2.45, 2.75) is 44.7 Å². The van der Waals surface area contributed by atoms with Crippen molar-refractivity contribution in [3.8, 4) is 11.1 Å². The highest BCUT2D eigenvalue weighted by Crippen LogP contribution is 2.44. The van der Waals surface area contributed by atoms with Gasteiger partial charge in [0, 0.05) is 5.92 Å². The fourth-order valence-corrected chi connectivity index (χ4v) is 4.13. The van der Waals surface area contributed by atoms with E-state index in [1.807, 2.05) is 62.4 Å². The van der Waals surface area contributed by atoms with Gasteiger partial charge in [0.05, 0.1) is 6.42 Å². The zero-order valence-corrected chi connectivity index (χ0v) is 19.0. The van der Waals surface area contributed by atoms with Gasteiger partial charge in [-0.05, 0) is 34.6 Å². The van der Waals surface area contributed by atoms with Gasteiger partial charge in [0.2, 0.25) is 5.91 Å². The number of carbonyl (C=O) groups excluding carboxylic acids is 2. The van der Waals surface area contributed by atoms with E-state index in [1.54, 1.807) is 0 Å². The van der Waals surface area contributed by atoms with Crippen LogP contribution in [0.1, 0.15) is 43.7 Å². The van der Waals surface area contributed by atoms with Crippen LogP contribution in [0.5, 0.6) is 0 Å². The van der Waals surface area contributed by atoms with Gasteiger partial charge in [0.25, 0.3) is 0 Å². The van der Waals surface area contributed by atoms with Crippen molar-refractivity contribution < 1.29 is 34.1 Å². The summed E-state index contributed by atoms with van der Waals surface area (Å²) in [5, 5.41) is 22.8. The van der Waals surface area contributed by atoms with Crippen LogP contribution in [-0.2, 0) is 19.1 Å². The number of alkyl carbamates (subject to hydrolysis) is 1. The summed E-state index contributed by atoms with van der Waals surface area (Å²) in [6.45, 7) is 3.74. The first-order chi connectivity index (χ1) is 16.2. The zero-order chi connectivity index (χ0) is 24.8. The maximum atomic E-state index is 12.7. The Morgan fingerprint density at radius 2 is 1.44 bits per heavy atom. The maximum absolute atomic E-state index is 12.7. The van der Waals surface area contributed by atoms with Crippen LogP contribution < -0.4 is 10.6 Å². The Morgan fingerprint density at radius 3 is 1.94 bits per heavy atom. The first-order valence-corrected chi connectivity index (χ1v) is 11.0. The molecule has 0 aliphatic heterocycles. The SMILES string of the molecule is CC(C)C[C@H](NC(=O)OCC1c2ccccc2-c2ccccc21)C(=O)N[C@@H](CC(=O)O)C(=O)O. The molecule has 9 heteroatoms. The lowest BCUT2D eigenvalue weighted by molar-refractivity contribution is -0.147. The largest absolute Gasteiger partial charge is 0.481 e. The summed E-state index contributed by atoms with van der Waals surface area (Å²) >= 11 is 0. The summed E-state index contributed by atoms with van der Waals surface area (Å²) < 4.78 is 5.48. The summed E-state index contributed by atoms with van der Waals surface area (Å²) in [5.74, 6) is -3.77. The molecule has 0 bridgehead atoms. The first-order valence-electron chi connectivity index (χ1n) is 11.0. The predicted molar refractivity (Wildman–Crippen MR) is 123 cm³/mol. The van der Waals surface area contributed by atoms with Gasteiger partial charge in [-0.15, -0.1) is 0 Å². The molecular formula is C25H28N2O7. The second kappa shape index (κ2) is 10.8. The van der Waals surface area contributed by atoms with Gasteiger partial charge in [-0.3, -0.25) is 9.59 Å². The fourth-order valence-electron chi connectivity index (χ4n) is 4.13. The van der Waals surface area contributed by atoms with E-state index in [4.69, 9.17) is 9.84 Å². The van der Waals surface area contributed by atoms with Crippen LogP contribution in [0.25, 0.3) is 11.1 Å². The topological polar surface area (TPSA) is 142 Å². The Morgan fingerprint density at radius 1 is 0.882 bits per heavy atom. The Kier molecular flexibility index (Phi) is 7.88. The smallest absolute Gasteiger partial charge is 0.407 e. The number of rotatable bonds is 10. The number of amides is 2. The number of nitrogens with one attached hydrogen (secondary N) is 2. The highest BCUT2D eigenvalue weighted by Gasteiger charge is 2.31. The van der Waals surface area contributed by atoms with E-state index in [9.17, 15) is 24.3 Å². The van der Waals surface area contributed by atoms with Gasteiger partial charge in [-0.2, -0.15) is 0 Å². The molecule has 1 aliphatic rings. The first kappa shape index (κ1) is 24.8. The van der Waals surface area contributed by atoms with Crippen LogP contribution in [0.2, 0.25) is 0 Å². The molecule has 0 fully saturated rings. The Labute approximate surface area is 197 Å². The van der Waals surface area contributed by atoms with Crippen LogP contribution in [0.3, 0.4) is 0 Å². The van der Waals surface area contributed by atoms with Crippen molar-refractivity contribution in [3.63, 3.8) is 0 Å². The molecule has 0 saturated heterocycles. The molecule has 2 atom stereocenters. The molecule has 34 heavy (non-hydrogen) atoms. The number of carbonyl (C=O) groups is 4. The quantitative estimate of drug-likeness (QED) is 0.420. The van der Waals surface area contributed by atoms with Crippen molar-refractivity contribution in [1.29, 1.82) is 0 Å². The third-order valence-corrected chi connectivity index (χ3v) is 5.65. The van der Waals surface area contributed by atoms with E-state index < -0.39 is 42.4 Å². The van der Waals surface area contributed by atoms with Gasteiger partial charge in [0.15, 0.2) is 0 Å². The second-order valence-electron chi connectivity index (χ2n) is 8.65. The van der Waals surface area contributed by atoms with E-state index in [-0.39, 0.29) is 24.9 Å². The number of hydrogen-bond donors (Lipinski definition) is 4. The molecule has 2 aromatic carbocycles. The lowest BCUT2D eigenvalue weighted by Gasteiger charge is -2.22. The monoisotopic (exact) mass is 468 g/mol. The van der Waals surface area contributed by atoms with Crippen molar-refractivity contribution >= 4 is 23.9 Å². The lowest BCUT2D eigenvalue weighted by atomic mass is 9.98. The molecule has 0 spiro atoms. The normalized spacial score (nSPS) is 14.0. The molecule has 0 saturated carbocycles. The highest BCUT2D eigenvalue weighted by atomic mass is 16.5. The summed E-state index contributed by atoms with van der Waals surface area (Å²) in [6.07, 6.45) is -1.37. The fraction of sp³-hybridized carbons (Fsp3) is 0.360. The van der Waals surface area contributed by atoms with Crippen LogP contribution in [0.4, 0.5) is 4.79 Å². The average Bonchev–Trinajstić information content (AvgIpc) is 3.10. The number of carboxylic acids is 2. The van der Waals surface area contributed by atoms with Crippen molar-refractivity contribution in [2.24, 2.45) is 5.92 Å². The molecule has 1 aliphatic carbocycles. The molecule has 2 amide bonds. The Hall–Kier alpha value is -3.88. The van der Waals surface area contributed by atoms with Crippen LogP contribution in [0, 0.1) is 5.92 Å². The number of ether oxygens (including phenoxy) is 1. The van der Waals surface area contributed by atoms with Crippen LogP contribution in [-0.4, -0.2) is 52.8 Å². The van der Waals surface area contributed by atoms with Crippen molar-refractivity contribution in [1.82, 2.24) is 10.6 Å². The Balaban J connectivity index is 1.67. The van der Waals surface area contributed by atoms with E-state index in [2.05, 4.69) is 10.6 Å². The maximum Gasteiger partial charge on any atom is 0.407 e. The van der Waals surface area contributed by atoms with E-state index in [1.165, 1.54) is 0 Å². The minimum Gasteiger partial charge on any atom is -0.481 e. The molecule has 0 unspecified atom stereocenters. The Bertz CT molecular complexity index is 1040. The summed E-state index contributed by atoms with van der Waals surface area (Å²) in [6, 6.07) is 13.1. The molecule has 9 nitrogen and oxygen atoms in total. The van der Waals surface area contributed by atoms with Gasteiger partial charge in [-0.1, -0.05) is 62.4 Å². The number of carboxylic acid groups (broad SMARTS) is 2. The summed E-state index contributed by atoms with van der Waals surface area (Å²) in [4.78, 5) is 47.5. The van der Waals surface area contributed by atoms with Crippen LogP contribution >= 0.6 is 0 Å². The predicted octanol–water partition coefficient (Wildman–Crippen LogP) is 2.98. The lowest BCUT2D eigenvalue weighted by Crippen LogP contribution is -2.52. The minimum absolute atomic E-state index is 0.00705. The molecular weight excluding hydrogens is 440 g/mol. The van der Waals surface area contributed by atoms with Gasteiger partial charge in [0.1, 0.15) is 18.7 Å². The molecule has 2 aromatic rings. The average molecular weight is 469 g/mol. The molecule has 4 N–H and O–H groups in total. The van der Waals surface area contributed by atoms with Crippen molar-refractivity contribution in [3.05, 3.63) is 59.7 Å². The van der Waals surface area contributed by atoms with E-state index >= 15 is 0 Å². The number of fused-ring (bicyclic) bond motifs is 3. The standard InChI is InChI=1S/C25H28N2O7/c1-14(2)11-20(23(30)26-21(24(31)32)12-22(28)29)27-25(33)34-13-19-17-9-5-3-7-15(17)16-8-4-6-10-18(16)19/h3-10,14,19-21H,11-13H2,1-2H3,(H,26,30)(H,27,33)(H,28,29)(H,31,32)/t20-,21-/m0/s1. The highest BCUT2D eigenvalue weighted by molar-refractivity contribution is 5.91. The third-order valence-electron chi connectivity index (χ3n) is 5.65. The summed E-state index contributed by atoms with van der Waals surface area (Å²) in [7, 11) is 0. The minimum atomic E-state index is -1.61. The molecule has 0 heterocycles. The third kappa shape index (κ3) is 5.92. The van der Waals surface area contributed by atoms with Gasteiger partial charge in [-0.25, -0.2) is 9.59 Å². The number of aliphatic carboxylic acids is 2. The molecule has 0 radical (unpaired) electrons. The molecule has 3 rings (SSSR count). The number of hydrogen-bond acceptors (Lipinski definition) is 5. The van der Waals surface area contributed by atoms with E-state index in [0.717, 1.165) is 22.3 Å². The summed E-state index contributed by atoms with van der Waals surface area (Å²) in [5.41, 5.74) is 4.27. The van der Waals surface area contributed by atoms with Gasteiger partial charge >= 0.3 is 18.0 Å². The van der Waals surface area contributed by atoms with Crippen molar-refractivity contribution in [2.75, 3.05) is 6.61 Å². The van der Waals surface area contributed by atoms with Gasteiger partial charge < -0.3 is 25.6 Å². The van der Waals surface area contributed by atoms with Crippen LogP contribution in [0.15, 0.2) is 48.5 Å². The zero-order valence-electron chi connectivity index (χ0n) is 19.0. The molecule has 0 aromatic heterocycles.